The first kappa shape index (κ1) is 20.0. The van der Waals surface area contributed by atoms with Crippen LogP contribution in [0.2, 0.25) is 0 Å². The van der Waals surface area contributed by atoms with E-state index >= 15 is 0 Å². The van der Waals surface area contributed by atoms with Crippen LogP contribution in [0.3, 0.4) is 0 Å². The van der Waals surface area contributed by atoms with Crippen LogP contribution in [-0.2, 0) is 0 Å². The highest BCUT2D eigenvalue weighted by Gasteiger charge is 2.21. The summed E-state index contributed by atoms with van der Waals surface area (Å²) >= 11 is 0. The smallest absolute Gasteiger partial charge is 0.165 e. The summed E-state index contributed by atoms with van der Waals surface area (Å²) in [6.07, 6.45) is 3.04. The number of benzene rings is 2. The zero-order chi connectivity index (χ0) is 19.9. The molecular formula is C22H26FNO4. The molecule has 0 amide bonds. The van der Waals surface area contributed by atoms with Gasteiger partial charge >= 0.3 is 0 Å². The molecule has 0 aliphatic carbocycles. The molecule has 0 saturated heterocycles. The minimum absolute atomic E-state index is 0.295. The number of halogens is 1. The van der Waals surface area contributed by atoms with Crippen LogP contribution in [0.5, 0.6) is 23.0 Å². The molecule has 1 heterocycles. The van der Waals surface area contributed by atoms with Crippen LogP contribution < -0.4 is 18.9 Å². The van der Waals surface area contributed by atoms with Gasteiger partial charge in [-0.05, 0) is 24.1 Å². The fraction of sp³-hybridized carbons (Fsp3) is 0.364. The molecule has 2 aromatic rings. The molecule has 0 bridgehead atoms. The summed E-state index contributed by atoms with van der Waals surface area (Å²) in [5.74, 6) is 2.13. The molecule has 28 heavy (non-hydrogen) atoms. The van der Waals surface area contributed by atoms with Crippen LogP contribution in [0.25, 0.3) is 5.57 Å². The van der Waals surface area contributed by atoms with Crippen LogP contribution in [-0.4, -0.2) is 52.5 Å². The van der Waals surface area contributed by atoms with Gasteiger partial charge in [0.15, 0.2) is 11.6 Å². The van der Waals surface area contributed by atoms with Gasteiger partial charge in [-0.3, -0.25) is 4.90 Å². The van der Waals surface area contributed by atoms with Crippen molar-refractivity contribution in [3.05, 3.63) is 53.9 Å². The van der Waals surface area contributed by atoms with Crippen molar-refractivity contribution in [2.45, 2.75) is 6.42 Å². The lowest BCUT2D eigenvalue weighted by molar-refractivity contribution is 0.217. The summed E-state index contributed by atoms with van der Waals surface area (Å²) in [6, 6.07) is 10.2. The van der Waals surface area contributed by atoms with Gasteiger partial charge in [0.25, 0.3) is 0 Å². The van der Waals surface area contributed by atoms with E-state index in [2.05, 4.69) is 11.0 Å². The molecule has 1 aliphatic heterocycles. The van der Waals surface area contributed by atoms with Gasteiger partial charge in [0.05, 0.1) is 26.9 Å². The van der Waals surface area contributed by atoms with E-state index in [4.69, 9.17) is 18.9 Å². The number of hydrogen-bond donors (Lipinski definition) is 0. The molecule has 3 rings (SSSR count). The van der Waals surface area contributed by atoms with E-state index in [0.717, 1.165) is 43.1 Å². The summed E-state index contributed by atoms with van der Waals surface area (Å²) in [4.78, 5) is 2.27. The molecule has 0 saturated carbocycles. The van der Waals surface area contributed by atoms with E-state index < -0.39 is 0 Å². The number of para-hydroxylation sites is 1. The number of methoxy groups -OCH3 is 3. The lowest BCUT2D eigenvalue weighted by Gasteiger charge is -2.27. The van der Waals surface area contributed by atoms with Crippen molar-refractivity contribution in [1.29, 1.82) is 0 Å². The third kappa shape index (κ3) is 4.57. The first-order valence-corrected chi connectivity index (χ1v) is 9.25. The van der Waals surface area contributed by atoms with Crippen molar-refractivity contribution in [2.24, 2.45) is 0 Å². The van der Waals surface area contributed by atoms with Crippen molar-refractivity contribution in [3.8, 4) is 23.0 Å². The highest BCUT2D eigenvalue weighted by Crippen LogP contribution is 2.40. The number of ether oxygens (including phenoxy) is 4. The molecule has 0 unspecified atom stereocenters. The van der Waals surface area contributed by atoms with Crippen LogP contribution in [0.15, 0.2) is 42.5 Å². The highest BCUT2D eigenvalue weighted by molar-refractivity contribution is 5.77. The topological polar surface area (TPSA) is 40.2 Å². The third-order valence-corrected chi connectivity index (χ3v) is 4.83. The summed E-state index contributed by atoms with van der Waals surface area (Å²) in [5.41, 5.74) is 2.15. The molecule has 1 aliphatic rings. The largest absolute Gasteiger partial charge is 0.496 e. The van der Waals surface area contributed by atoms with E-state index in [-0.39, 0.29) is 5.82 Å². The summed E-state index contributed by atoms with van der Waals surface area (Å²) in [6.45, 7) is 2.84. The van der Waals surface area contributed by atoms with Gasteiger partial charge in [0, 0.05) is 31.8 Å². The second kappa shape index (κ2) is 9.46. The standard InChI is InChI=1S/C22H26FNO4/c1-25-17-14-20(26-2)22(21(15-17)27-3)16-8-10-24(11-9-16)12-13-28-19-7-5-4-6-18(19)23/h4-8,14-15H,9-13H2,1-3H3. The SMILES string of the molecule is COc1cc(OC)c(C2=CCN(CCOc3ccccc3F)CC2)c(OC)c1. The predicted molar refractivity (Wildman–Crippen MR) is 107 cm³/mol. The Morgan fingerprint density at radius 2 is 1.68 bits per heavy atom. The minimum atomic E-state index is -0.331. The quantitative estimate of drug-likeness (QED) is 0.684. The van der Waals surface area contributed by atoms with Crippen molar-refractivity contribution < 1.29 is 23.3 Å². The van der Waals surface area contributed by atoms with Gasteiger partial charge in [-0.1, -0.05) is 18.2 Å². The van der Waals surface area contributed by atoms with E-state index in [1.54, 1.807) is 39.5 Å². The Balaban J connectivity index is 1.64. The maximum Gasteiger partial charge on any atom is 0.165 e. The molecular weight excluding hydrogens is 361 g/mol. The Labute approximate surface area is 165 Å². The Hall–Kier alpha value is -2.73. The van der Waals surface area contributed by atoms with Crippen molar-refractivity contribution in [3.63, 3.8) is 0 Å². The normalized spacial score (nSPS) is 14.4. The second-order valence-electron chi connectivity index (χ2n) is 6.47. The summed E-state index contributed by atoms with van der Waals surface area (Å²) in [7, 11) is 4.91. The lowest BCUT2D eigenvalue weighted by Crippen LogP contribution is -2.32. The van der Waals surface area contributed by atoms with Gasteiger partial charge in [0.1, 0.15) is 23.9 Å². The van der Waals surface area contributed by atoms with Gasteiger partial charge in [-0.2, -0.15) is 0 Å². The fourth-order valence-corrected chi connectivity index (χ4v) is 3.31. The average Bonchev–Trinajstić information content (AvgIpc) is 2.74. The third-order valence-electron chi connectivity index (χ3n) is 4.83. The fourth-order valence-electron chi connectivity index (χ4n) is 3.31. The highest BCUT2D eigenvalue weighted by atomic mass is 19.1. The number of rotatable bonds is 8. The van der Waals surface area contributed by atoms with E-state index in [1.807, 2.05) is 12.1 Å². The predicted octanol–water partition coefficient (Wildman–Crippen LogP) is 4.02. The van der Waals surface area contributed by atoms with Gasteiger partial charge < -0.3 is 18.9 Å². The molecule has 5 nitrogen and oxygen atoms in total. The zero-order valence-electron chi connectivity index (χ0n) is 16.5. The van der Waals surface area contributed by atoms with Crippen LogP contribution in [0.1, 0.15) is 12.0 Å². The average molecular weight is 387 g/mol. The molecule has 0 N–H and O–H groups in total. The van der Waals surface area contributed by atoms with E-state index in [0.29, 0.717) is 18.1 Å². The maximum atomic E-state index is 13.6. The molecule has 0 aromatic heterocycles. The summed E-state index contributed by atoms with van der Waals surface area (Å²) < 4.78 is 35.6. The zero-order valence-corrected chi connectivity index (χ0v) is 16.5. The Kier molecular flexibility index (Phi) is 6.76. The first-order valence-electron chi connectivity index (χ1n) is 9.25. The Morgan fingerprint density at radius 3 is 2.25 bits per heavy atom. The number of nitrogens with zero attached hydrogens (tertiary/aromatic N) is 1. The number of hydrogen-bond acceptors (Lipinski definition) is 5. The second-order valence-corrected chi connectivity index (χ2v) is 6.47. The minimum Gasteiger partial charge on any atom is -0.496 e. The molecule has 150 valence electrons. The molecule has 0 spiro atoms. The molecule has 6 heteroatoms. The monoisotopic (exact) mass is 387 g/mol. The van der Waals surface area contributed by atoms with Crippen LogP contribution >= 0.6 is 0 Å². The van der Waals surface area contributed by atoms with Crippen LogP contribution in [0, 0.1) is 5.82 Å². The molecule has 0 atom stereocenters. The van der Waals surface area contributed by atoms with Crippen molar-refractivity contribution in [1.82, 2.24) is 4.90 Å². The Bertz CT molecular complexity index is 812. The van der Waals surface area contributed by atoms with E-state index in [9.17, 15) is 4.39 Å². The van der Waals surface area contributed by atoms with Gasteiger partial charge in [-0.25, -0.2) is 4.39 Å². The maximum absolute atomic E-state index is 13.6. The van der Waals surface area contributed by atoms with Gasteiger partial charge in [-0.15, -0.1) is 0 Å². The molecule has 0 radical (unpaired) electrons. The summed E-state index contributed by atoms with van der Waals surface area (Å²) in [5, 5.41) is 0. The van der Waals surface area contributed by atoms with Gasteiger partial charge in [0.2, 0.25) is 0 Å². The van der Waals surface area contributed by atoms with Crippen molar-refractivity contribution >= 4 is 5.57 Å². The Morgan fingerprint density at radius 1 is 0.964 bits per heavy atom. The molecule has 0 fully saturated rings. The van der Waals surface area contributed by atoms with Crippen LogP contribution in [0.4, 0.5) is 4.39 Å². The van der Waals surface area contributed by atoms with E-state index in [1.165, 1.54) is 11.6 Å². The first-order chi connectivity index (χ1) is 13.7. The lowest BCUT2D eigenvalue weighted by atomic mass is 9.97. The van der Waals surface area contributed by atoms with Crippen molar-refractivity contribution in [2.75, 3.05) is 47.6 Å². The molecule has 2 aromatic carbocycles.